The van der Waals surface area contributed by atoms with Crippen molar-refractivity contribution in [2.24, 2.45) is 12.8 Å². The maximum absolute atomic E-state index is 12.5. The van der Waals surface area contributed by atoms with Gasteiger partial charge in [-0.05, 0) is 26.3 Å². The second-order valence-corrected chi connectivity index (χ2v) is 6.76. The number of aryl methyl sites for hydroxylation is 1. The summed E-state index contributed by atoms with van der Waals surface area (Å²) in [6.45, 7) is 5.36. The van der Waals surface area contributed by atoms with Gasteiger partial charge in [0.25, 0.3) is 0 Å². The Morgan fingerprint density at radius 2 is 1.92 bits per heavy atom. The molecule has 0 fully saturated rings. The van der Waals surface area contributed by atoms with Crippen LogP contribution in [0, 0.1) is 0 Å². The molecular formula is C18H25N5O3. The number of amides is 3. The number of nitrogens with zero attached hydrogens (tertiary/aromatic N) is 3. The number of rotatable bonds is 4. The first kappa shape index (κ1) is 19.5. The lowest BCUT2D eigenvalue weighted by Crippen LogP contribution is -2.45. The summed E-state index contributed by atoms with van der Waals surface area (Å²) >= 11 is 0. The van der Waals surface area contributed by atoms with Gasteiger partial charge in [-0.15, -0.1) is 0 Å². The van der Waals surface area contributed by atoms with E-state index in [1.165, 1.54) is 0 Å². The molecule has 8 heteroatoms. The van der Waals surface area contributed by atoms with E-state index in [0.717, 1.165) is 16.2 Å². The van der Waals surface area contributed by atoms with E-state index in [9.17, 15) is 9.59 Å². The van der Waals surface area contributed by atoms with Crippen molar-refractivity contribution < 1.29 is 14.3 Å². The first-order chi connectivity index (χ1) is 12.2. The van der Waals surface area contributed by atoms with Gasteiger partial charge in [0.15, 0.2) is 5.82 Å². The van der Waals surface area contributed by atoms with Crippen molar-refractivity contribution in [3.05, 3.63) is 36.4 Å². The number of nitrogens with two attached hydrogens (primary N) is 1. The first-order valence-electron chi connectivity index (χ1n) is 8.32. The van der Waals surface area contributed by atoms with Crippen LogP contribution in [-0.4, -0.2) is 45.5 Å². The fourth-order valence-electron chi connectivity index (χ4n) is 2.31. The van der Waals surface area contributed by atoms with E-state index in [1.807, 2.05) is 30.3 Å². The smallest absolute Gasteiger partial charge is 0.418 e. The van der Waals surface area contributed by atoms with Crippen LogP contribution < -0.4 is 11.1 Å². The van der Waals surface area contributed by atoms with Gasteiger partial charge in [0.05, 0.1) is 5.69 Å². The van der Waals surface area contributed by atoms with Gasteiger partial charge in [0, 0.05) is 26.2 Å². The third kappa shape index (κ3) is 5.06. The molecule has 1 aromatic heterocycles. The summed E-state index contributed by atoms with van der Waals surface area (Å²) in [7, 11) is 1.78. The van der Waals surface area contributed by atoms with Gasteiger partial charge in [-0.2, -0.15) is 5.10 Å². The zero-order chi connectivity index (χ0) is 19.3. The Balaban J connectivity index is 2.15. The molecule has 1 heterocycles. The summed E-state index contributed by atoms with van der Waals surface area (Å²) < 4.78 is 6.91. The molecular weight excluding hydrogens is 334 g/mol. The lowest BCUT2D eigenvalue weighted by molar-refractivity contribution is 0.0337. The molecule has 8 nitrogen and oxygen atoms in total. The first-order valence-corrected chi connectivity index (χ1v) is 8.32. The Morgan fingerprint density at radius 3 is 2.50 bits per heavy atom. The second-order valence-electron chi connectivity index (χ2n) is 6.76. The second kappa shape index (κ2) is 8.01. The quantitative estimate of drug-likeness (QED) is 0.874. The number of ether oxygens (including phenoxy) is 1. The topological polar surface area (TPSA) is 102 Å². The molecule has 0 atom stereocenters. The fraction of sp³-hybridized carbons (Fsp3) is 0.389. The van der Waals surface area contributed by atoms with Crippen molar-refractivity contribution >= 4 is 17.9 Å². The summed E-state index contributed by atoms with van der Waals surface area (Å²) in [5.41, 5.74) is 6.61. The molecule has 0 aliphatic carbocycles. The Hall–Kier alpha value is -2.87. The van der Waals surface area contributed by atoms with E-state index in [2.05, 4.69) is 10.4 Å². The van der Waals surface area contributed by atoms with Crippen LogP contribution in [0.5, 0.6) is 0 Å². The van der Waals surface area contributed by atoms with E-state index >= 15 is 0 Å². The van der Waals surface area contributed by atoms with Crippen LogP contribution in [0.15, 0.2) is 36.4 Å². The average Bonchev–Trinajstić information content (AvgIpc) is 2.91. The summed E-state index contributed by atoms with van der Waals surface area (Å²) in [4.78, 5) is 25.7. The summed E-state index contributed by atoms with van der Waals surface area (Å²) in [6, 6.07) is 10.8. The van der Waals surface area contributed by atoms with Gasteiger partial charge in [-0.25, -0.2) is 14.5 Å². The standard InChI is InChI=1S/C18H25N5O3/c1-18(2,3)26-17(25)23(11-10-19)16(24)20-15-12-14(22(4)21-15)13-8-6-5-7-9-13/h5-9,12H,10-11,19H2,1-4H3,(H,20,21,24). The average molecular weight is 359 g/mol. The molecule has 0 saturated heterocycles. The van der Waals surface area contributed by atoms with Gasteiger partial charge >= 0.3 is 12.1 Å². The SMILES string of the molecule is Cn1nc(NC(=O)N(CCN)C(=O)OC(C)(C)C)cc1-c1ccccc1. The lowest BCUT2D eigenvalue weighted by Gasteiger charge is -2.25. The number of anilines is 1. The normalized spacial score (nSPS) is 11.1. The van der Waals surface area contributed by atoms with Crippen molar-refractivity contribution in [3.63, 3.8) is 0 Å². The number of carbonyl (C=O) groups is 2. The van der Waals surface area contributed by atoms with E-state index in [1.54, 1.807) is 38.6 Å². The van der Waals surface area contributed by atoms with E-state index in [-0.39, 0.29) is 13.1 Å². The number of benzene rings is 1. The molecule has 0 spiro atoms. The Bertz CT molecular complexity index is 765. The van der Waals surface area contributed by atoms with Crippen molar-refractivity contribution in [3.8, 4) is 11.3 Å². The Labute approximate surface area is 152 Å². The minimum Gasteiger partial charge on any atom is -0.443 e. The highest BCUT2D eigenvalue weighted by atomic mass is 16.6. The zero-order valence-corrected chi connectivity index (χ0v) is 15.5. The van der Waals surface area contributed by atoms with E-state index in [0.29, 0.717) is 5.82 Å². The highest BCUT2D eigenvalue weighted by Gasteiger charge is 2.27. The number of carbonyl (C=O) groups excluding carboxylic acids is 2. The minimum atomic E-state index is -0.750. The molecule has 0 bridgehead atoms. The van der Waals surface area contributed by atoms with Crippen LogP contribution >= 0.6 is 0 Å². The molecule has 0 aliphatic heterocycles. The van der Waals surface area contributed by atoms with E-state index < -0.39 is 17.7 Å². The molecule has 1 aromatic carbocycles. The lowest BCUT2D eigenvalue weighted by atomic mass is 10.1. The van der Waals surface area contributed by atoms with Crippen LogP contribution in [0.1, 0.15) is 20.8 Å². The van der Waals surface area contributed by atoms with Crippen molar-refractivity contribution in [1.29, 1.82) is 0 Å². The largest absolute Gasteiger partial charge is 0.443 e. The van der Waals surface area contributed by atoms with Gasteiger partial charge in [0.1, 0.15) is 5.60 Å². The number of aromatic nitrogens is 2. The Kier molecular flexibility index (Phi) is 5.99. The van der Waals surface area contributed by atoms with Crippen LogP contribution in [0.2, 0.25) is 0 Å². The maximum Gasteiger partial charge on any atom is 0.418 e. The van der Waals surface area contributed by atoms with Crippen molar-refractivity contribution in [1.82, 2.24) is 14.7 Å². The van der Waals surface area contributed by atoms with E-state index in [4.69, 9.17) is 10.5 Å². The highest BCUT2D eigenvalue weighted by Crippen LogP contribution is 2.22. The molecule has 2 rings (SSSR count). The number of nitrogens with one attached hydrogen (secondary N) is 1. The molecule has 0 aliphatic rings. The number of urea groups is 1. The zero-order valence-electron chi connectivity index (χ0n) is 15.5. The van der Waals surface area contributed by atoms with Crippen LogP contribution in [0.3, 0.4) is 0 Å². The molecule has 26 heavy (non-hydrogen) atoms. The number of hydrogen-bond donors (Lipinski definition) is 2. The van der Waals surface area contributed by atoms with Crippen molar-refractivity contribution in [2.45, 2.75) is 26.4 Å². The molecule has 3 amide bonds. The van der Waals surface area contributed by atoms with Gasteiger partial charge in [-0.1, -0.05) is 30.3 Å². The summed E-state index contributed by atoms with van der Waals surface area (Å²) in [6.07, 6.45) is -0.750. The molecule has 3 N–H and O–H groups in total. The third-order valence-corrected chi connectivity index (χ3v) is 3.40. The molecule has 140 valence electrons. The number of imide groups is 1. The molecule has 0 saturated carbocycles. The molecule has 0 radical (unpaired) electrons. The molecule has 0 unspecified atom stereocenters. The summed E-state index contributed by atoms with van der Waals surface area (Å²) in [5, 5.41) is 6.90. The third-order valence-electron chi connectivity index (χ3n) is 3.40. The molecule has 2 aromatic rings. The van der Waals surface area contributed by atoms with Gasteiger partial charge in [0.2, 0.25) is 0 Å². The Morgan fingerprint density at radius 1 is 1.27 bits per heavy atom. The highest BCUT2D eigenvalue weighted by molar-refractivity contribution is 5.98. The predicted molar refractivity (Wildman–Crippen MR) is 99.7 cm³/mol. The maximum atomic E-state index is 12.5. The fourth-order valence-corrected chi connectivity index (χ4v) is 2.31. The summed E-state index contributed by atoms with van der Waals surface area (Å²) in [5.74, 6) is 0.335. The minimum absolute atomic E-state index is 0.0408. The van der Waals surface area contributed by atoms with Crippen molar-refractivity contribution in [2.75, 3.05) is 18.4 Å². The van der Waals surface area contributed by atoms with Crippen LogP contribution in [-0.2, 0) is 11.8 Å². The number of hydrogen-bond acceptors (Lipinski definition) is 5. The van der Waals surface area contributed by atoms with Crippen LogP contribution in [0.4, 0.5) is 15.4 Å². The van der Waals surface area contributed by atoms with Gasteiger partial charge < -0.3 is 10.5 Å². The monoisotopic (exact) mass is 359 g/mol. The van der Waals surface area contributed by atoms with Gasteiger partial charge in [-0.3, -0.25) is 10.00 Å². The predicted octanol–water partition coefficient (Wildman–Crippen LogP) is 2.81. The van der Waals surface area contributed by atoms with Crippen LogP contribution in [0.25, 0.3) is 11.3 Å².